The number of nitrogens with zero attached hydrogens (tertiary/aromatic N) is 2. The highest BCUT2D eigenvalue weighted by atomic mass is 19.4. The number of alkyl halides is 3. The molecule has 0 aromatic carbocycles. The molecule has 0 radical (unpaired) electrons. The summed E-state index contributed by atoms with van der Waals surface area (Å²) in [6.45, 7) is 3.81. The first kappa shape index (κ1) is 16.1. The van der Waals surface area contributed by atoms with Gasteiger partial charge in [-0.15, -0.1) is 0 Å². The van der Waals surface area contributed by atoms with Crippen molar-refractivity contribution in [2.45, 2.75) is 57.3 Å². The van der Waals surface area contributed by atoms with Gasteiger partial charge >= 0.3 is 6.18 Å². The van der Waals surface area contributed by atoms with Crippen molar-refractivity contribution in [3.05, 3.63) is 11.9 Å². The molecule has 1 aliphatic carbocycles. The zero-order valence-electron chi connectivity index (χ0n) is 12.4. The molecule has 1 aromatic rings. The molecule has 0 unspecified atom stereocenters. The quantitative estimate of drug-likeness (QED) is 0.931. The Morgan fingerprint density at radius 3 is 2.38 bits per heavy atom. The molecule has 120 valence electrons. The van der Waals surface area contributed by atoms with E-state index in [9.17, 15) is 18.3 Å². The lowest BCUT2D eigenvalue weighted by Gasteiger charge is -2.37. The highest BCUT2D eigenvalue weighted by molar-refractivity contribution is 5.31. The van der Waals surface area contributed by atoms with Crippen LogP contribution >= 0.6 is 0 Å². The molecule has 1 saturated carbocycles. The second-order valence-corrected chi connectivity index (χ2v) is 5.95. The van der Waals surface area contributed by atoms with Crippen LogP contribution in [-0.2, 0) is 5.60 Å². The average Bonchev–Trinajstić information content (AvgIpc) is 2.82. The van der Waals surface area contributed by atoms with Crippen molar-refractivity contribution in [2.75, 3.05) is 7.11 Å². The zero-order chi connectivity index (χ0) is 15.8. The van der Waals surface area contributed by atoms with Gasteiger partial charge in [0.1, 0.15) is 11.3 Å². The molecule has 0 aliphatic heterocycles. The number of halogens is 3. The highest BCUT2D eigenvalue weighted by Gasteiger charge is 2.47. The van der Waals surface area contributed by atoms with Gasteiger partial charge in [0, 0.05) is 6.04 Å². The van der Waals surface area contributed by atoms with Gasteiger partial charge in [0.2, 0.25) is 0 Å². The number of hydrogen-bond acceptors (Lipinski definition) is 3. The van der Waals surface area contributed by atoms with Gasteiger partial charge in [0.15, 0.2) is 5.75 Å². The number of methoxy groups -OCH3 is 1. The van der Waals surface area contributed by atoms with Crippen LogP contribution in [0, 0.1) is 5.92 Å². The van der Waals surface area contributed by atoms with E-state index in [1.807, 2.05) is 13.8 Å². The first-order chi connectivity index (χ1) is 9.69. The largest absolute Gasteiger partial charge is 0.493 e. The molecule has 0 saturated heterocycles. The van der Waals surface area contributed by atoms with Crippen molar-refractivity contribution in [1.82, 2.24) is 9.78 Å². The second-order valence-electron chi connectivity index (χ2n) is 5.95. The third kappa shape index (κ3) is 3.02. The van der Waals surface area contributed by atoms with Gasteiger partial charge in [0.25, 0.3) is 0 Å². The Kier molecular flexibility index (Phi) is 4.24. The second kappa shape index (κ2) is 5.51. The molecule has 1 heterocycles. The Balaban J connectivity index is 2.28. The molecule has 0 amide bonds. The topological polar surface area (TPSA) is 47.3 Å². The lowest BCUT2D eigenvalue weighted by atomic mass is 9.76. The zero-order valence-corrected chi connectivity index (χ0v) is 12.4. The van der Waals surface area contributed by atoms with Crippen LogP contribution in [0.3, 0.4) is 0 Å². The molecule has 2 rings (SSSR count). The monoisotopic (exact) mass is 306 g/mol. The number of hydrogen-bond donors (Lipinski definition) is 1. The van der Waals surface area contributed by atoms with E-state index in [-0.39, 0.29) is 31.7 Å². The highest BCUT2D eigenvalue weighted by Crippen LogP contribution is 2.47. The molecule has 0 spiro atoms. The summed E-state index contributed by atoms with van der Waals surface area (Å²) < 4.78 is 45.1. The molecule has 4 nitrogen and oxygen atoms in total. The van der Waals surface area contributed by atoms with Crippen LogP contribution < -0.4 is 4.74 Å². The summed E-state index contributed by atoms with van der Waals surface area (Å²) in [7, 11) is 1.47. The molecule has 1 aromatic heterocycles. The molecule has 1 aliphatic rings. The fourth-order valence-corrected chi connectivity index (χ4v) is 2.99. The van der Waals surface area contributed by atoms with Gasteiger partial charge in [-0.05, 0) is 39.5 Å². The first-order valence-corrected chi connectivity index (χ1v) is 7.10. The van der Waals surface area contributed by atoms with E-state index < -0.39 is 17.7 Å². The SMILES string of the molecule is COc1cnn(C(C)C)c1C1(O)CCC(C(F)(F)F)CC1. The van der Waals surface area contributed by atoms with Crippen LogP contribution in [0.15, 0.2) is 6.20 Å². The van der Waals surface area contributed by atoms with Gasteiger partial charge in [-0.1, -0.05) is 0 Å². The van der Waals surface area contributed by atoms with E-state index >= 15 is 0 Å². The Labute approximate surface area is 121 Å². The molecular weight excluding hydrogens is 285 g/mol. The van der Waals surface area contributed by atoms with Crippen molar-refractivity contribution in [3.8, 4) is 5.75 Å². The fraction of sp³-hybridized carbons (Fsp3) is 0.786. The molecule has 1 fully saturated rings. The molecule has 21 heavy (non-hydrogen) atoms. The van der Waals surface area contributed by atoms with Gasteiger partial charge in [0.05, 0.1) is 19.2 Å². The van der Waals surface area contributed by atoms with E-state index in [1.54, 1.807) is 4.68 Å². The smallest absolute Gasteiger partial charge is 0.391 e. The van der Waals surface area contributed by atoms with Crippen molar-refractivity contribution in [3.63, 3.8) is 0 Å². The van der Waals surface area contributed by atoms with Crippen molar-refractivity contribution >= 4 is 0 Å². The number of ether oxygens (including phenoxy) is 1. The Morgan fingerprint density at radius 1 is 1.38 bits per heavy atom. The predicted molar refractivity (Wildman–Crippen MR) is 71.1 cm³/mol. The lowest BCUT2D eigenvalue weighted by Crippen LogP contribution is -2.38. The van der Waals surface area contributed by atoms with Crippen LogP contribution in [-0.4, -0.2) is 28.2 Å². The molecule has 1 N–H and O–H groups in total. The average molecular weight is 306 g/mol. The standard InChI is InChI=1S/C14H21F3N2O2/c1-9(2)19-12(11(21-3)8-18-19)13(20)6-4-10(5-7-13)14(15,16)17/h8-10,20H,4-7H2,1-3H3. The van der Waals surface area contributed by atoms with Crippen molar-refractivity contribution < 1.29 is 23.0 Å². The molecule has 0 atom stereocenters. The molecular formula is C14H21F3N2O2. The van der Waals surface area contributed by atoms with Crippen LogP contribution in [0.1, 0.15) is 51.3 Å². The van der Waals surface area contributed by atoms with Gasteiger partial charge in [-0.3, -0.25) is 4.68 Å². The summed E-state index contributed by atoms with van der Waals surface area (Å²) in [6, 6.07) is -0.00624. The maximum absolute atomic E-state index is 12.8. The van der Waals surface area contributed by atoms with Crippen molar-refractivity contribution in [2.24, 2.45) is 5.92 Å². The maximum atomic E-state index is 12.8. The fourth-order valence-electron chi connectivity index (χ4n) is 2.99. The predicted octanol–water partition coefficient (Wildman–Crippen LogP) is 3.41. The van der Waals surface area contributed by atoms with E-state index in [2.05, 4.69) is 5.10 Å². The van der Waals surface area contributed by atoms with E-state index in [1.165, 1.54) is 13.3 Å². The third-order valence-corrected chi connectivity index (χ3v) is 4.19. The normalized spacial score (nSPS) is 27.1. The van der Waals surface area contributed by atoms with Crippen LogP contribution in [0.4, 0.5) is 13.2 Å². The van der Waals surface area contributed by atoms with Gasteiger partial charge in [-0.25, -0.2) is 0 Å². The number of rotatable bonds is 3. The Bertz CT molecular complexity index is 489. The minimum absolute atomic E-state index is 0.00624. The summed E-state index contributed by atoms with van der Waals surface area (Å²) in [4.78, 5) is 0. The van der Waals surface area contributed by atoms with Crippen molar-refractivity contribution in [1.29, 1.82) is 0 Å². The summed E-state index contributed by atoms with van der Waals surface area (Å²) in [5.74, 6) is -0.907. The Hall–Kier alpha value is -1.24. The van der Waals surface area contributed by atoms with E-state index in [0.29, 0.717) is 11.4 Å². The number of aliphatic hydroxyl groups is 1. The Morgan fingerprint density at radius 2 is 1.95 bits per heavy atom. The first-order valence-electron chi connectivity index (χ1n) is 7.10. The minimum Gasteiger partial charge on any atom is -0.493 e. The maximum Gasteiger partial charge on any atom is 0.391 e. The summed E-state index contributed by atoms with van der Waals surface area (Å²) in [6.07, 6.45) is -2.72. The van der Waals surface area contributed by atoms with Crippen LogP contribution in [0.25, 0.3) is 0 Å². The lowest BCUT2D eigenvalue weighted by molar-refractivity contribution is -0.193. The van der Waals surface area contributed by atoms with Crippen LogP contribution in [0.5, 0.6) is 5.75 Å². The summed E-state index contributed by atoms with van der Waals surface area (Å²) >= 11 is 0. The van der Waals surface area contributed by atoms with E-state index in [4.69, 9.17) is 4.74 Å². The third-order valence-electron chi connectivity index (χ3n) is 4.19. The van der Waals surface area contributed by atoms with Crippen LogP contribution in [0.2, 0.25) is 0 Å². The molecule has 7 heteroatoms. The molecule has 0 bridgehead atoms. The number of aromatic nitrogens is 2. The van der Waals surface area contributed by atoms with E-state index in [0.717, 1.165) is 0 Å². The summed E-state index contributed by atoms with van der Waals surface area (Å²) in [5, 5.41) is 15.0. The van der Waals surface area contributed by atoms with Gasteiger partial charge in [-0.2, -0.15) is 18.3 Å². The summed E-state index contributed by atoms with van der Waals surface area (Å²) in [5.41, 5.74) is -0.825. The minimum atomic E-state index is -4.19. The van der Waals surface area contributed by atoms with Gasteiger partial charge < -0.3 is 9.84 Å².